The first-order chi connectivity index (χ1) is 15.9. The Kier molecular flexibility index (Phi) is 6.20. The van der Waals surface area contributed by atoms with Crippen molar-refractivity contribution in [3.8, 4) is 29.1 Å². The lowest BCUT2D eigenvalue weighted by Crippen LogP contribution is -2.35. The Morgan fingerprint density at radius 3 is 2.58 bits per heavy atom. The molecule has 2 atom stereocenters. The highest BCUT2D eigenvalue weighted by Crippen LogP contribution is 2.49. The summed E-state index contributed by atoms with van der Waals surface area (Å²) in [6, 6.07) is 7.34. The topological polar surface area (TPSA) is 118 Å². The first-order valence-electron chi connectivity index (χ1n) is 10.7. The van der Waals surface area contributed by atoms with Crippen LogP contribution < -0.4 is 30.2 Å². The van der Waals surface area contributed by atoms with Crippen molar-refractivity contribution in [3.05, 3.63) is 56.8 Å². The minimum Gasteiger partial charge on any atom is -0.493 e. The van der Waals surface area contributed by atoms with Gasteiger partial charge in [-0.1, -0.05) is 6.07 Å². The summed E-state index contributed by atoms with van der Waals surface area (Å²) in [6.45, 7) is 2.95. The molecule has 0 saturated carbocycles. The molecule has 9 heteroatoms. The Bertz CT molecular complexity index is 1200. The van der Waals surface area contributed by atoms with Crippen LogP contribution in [0.3, 0.4) is 0 Å². The van der Waals surface area contributed by atoms with Gasteiger partial charge in [0.1, 0.15) is 17.4 Å². The van der Waals surface area contributed by atoms with Gasteiger partial charge >= 0.3 is 0 Å². The molecule has 2 aliphatic rings. The summed E-state index contributed by atoms with van der Waals surface area (Å²) >= 11 is 0. The van der Waals surface area contributed by atoms with Crippen LogP contribution in [-0.4, -0.2) is 38.6 Å². The van der Waals surface area contributed by atoms with E-state index in [0.717, 1.165) is 18.5 Å². The molecule has 1 aromatic heterocycles. The number of rotatable bonds is 6. The summed E-state index contributed by atoms with van der Waals surface area (Å²) in [7, 11) is 4.51. The van der Waals surface area contributed by atoms with E-state index in [-0.39, 0.29) is 23.1 Å². The molecule has 2 aliphatic heterocycles. The normalized spacial score (nSPS) is 19.5. The van der Waals surface area contributed by atoms with Gasteiger partial charge in [-0.2, -0.15) is 5.26 Å². The molecule has 0 amide bonds. The highest BCUT2D eigenvalue weighted by atomic mass is 16.5. The number of nitriles is 1. The summed E-state index contributed by atoms with van der Waals surface area (Å²) in [5.41, 5.74) is 7.57. The van der Waals surface area contributed by atoms with Crippen molar-refractivity contribution in [1.82, 2.24) is 4.57 Å². The average molecular weight is 453 g/mol. The molecule has 2 aromatic rings. The quantitative estimate of drug-likeness (QED) is 0.709. The van der Waals surface area contributed by atoms with E-state index in [0.29, 0.717) is 47.3 Å². The molecule has 0 spiro atoms. The fraction of sp³-hybridized carbons (Fsp3) is 0.417. The van der Waals surface area contributed by atoms with Crippen LogP contribution in [0, 0.1) is 18.3 Å². The summed E-state index contributed by atoms with van der Waals surface area (Å²) in [6.07, 6.45) is 1.83. The molecule has 0 bridgehead atoms. The fourth-order valence-corrected chi connectivity index (χ4v) is 4.57. The van der Waals surface area contributed by atoms with Gasteiger partial charge in [0.2, 0.25) is 11.6 Å². The van der Waals surface area contributed by atoms with Crippen molar-refractivity contribution in [3.63, 3.8) is 0 Å². The van der Waals surface area contributed by atoms with Crippen LogP contribution in [0.25, 0.3) is 0 Å². The fourth-order valence-electron chi connectivity index (χ4n) is 4.57. The summed E-state index contributed by atoms with van der Waals surface area (Å²) < 4.78 is 29.7. The van der Waals surface area contributed by atoms with Crippen molar-refractivity contribution < 1.29 is 23.7 Å². The average Bonchev–Trinajstić information content (AvgIpc) is 3.33. The third-order valence-corrected chi connectivity index (χ3v) is 6.15. The largest absolute Gasteiger partial charge is 0.493 e. The smallest absolute Gasteiger partial charge is 0.258 e. The van der Waals surface area contributed by atoms with E-state index in [9.17, 15) is 10.1 Å². The minimum absolute atomic E-state index is 0.0333. The van der Waals surface area contributed by atoms with Crippen LogP contribution in [0.1, 0.15) is 35.6 Å². The van der Waals surface area contributed by atoms with E-state index >= 15 is 0 Å². The second kappa shape index (κ2) is 9.08. The zero-order valence-corrected chi connectivity index (χ0v) is 19.1. The number of hydrogen-bond acceptors (Lipinski definition) is 8. The van der Waals surface area contributed by atoms with Crippen LogP contribution in [0.15, 0.2) is 34.4 Å². The maximum atomic E-state index is 13.8. The number of benzene rings is 1. The van der Waals surface area contributed by atoms with Crippen LogP contribution in [0.2, 0.25) is 0 Å². The van der Waals surface area contributed by atoms with Gasteiger partial charge in [-0.05, 0) is 25.8 Å². The number of hydrogen-bond donors (Lipinski definition) is 1. The summed E-state index contributed by atoms with van der Waals surface area (Å²) in [5.74, 6) is 0.619. The molecule has 0 radical (unpaired) electrons. The van der Waals surface area contributed by atoms with Crippen LogP contribution in [0.5, 0.6) is 23.0 Å². The molecule has 1 fully saturated rings. The SMILES string of the molecule is COc1ccc([C@@H]2C(C#N)=C(N)Oc3cc(C)n(C[C@H]4CCCO4)c(=O)c32)c(OC)c1OC. The molecule has 0 unspecified atom stereocenters. The Labute approximate surface area is 191 Å². The number of pyridine rings is 1. The number of aromatic nitrogens is 1. The van der Waals surface area contributed by atoms with Crippen LogP contribution in [-0.2, 0) is 11.3 Å². The molecule has 33 heavy (non-hydrogen) atoms. The summed E-state index contributed by atoms with van der Waals surface area (Å²) in [4.78, 5) is 13.8. The highest BCUT2D eigenvalue weighted by Gasteiger charge is 2.37. The Balaban J connectivity index is 1.97. The number of methoxy groups -OCH3 is 3. The number of nitrogens with two attached hydrogens (primary N) is 1. The first kappa shape index (κ1) is 22.6. The maximum Gasteiger partial charge on any atom is 0.258 e. The van der Waals surface area contributed by atoms with Gasteiger partial charge in [-0.15, -0.1) is 0 Å². The molecule has 1 aromatic carbocycles. The molecule has 0 aliphatic carbocycles. The lowest BCUT2D eigenvalue weighted by Gasteiger charge is -2.29. The van der Waals surface area contributed by atoms with E-state index < -0.39 is 5.92 Å². The van der Waals surface area contributed by atoms with Crippen molar-refractivity contribution >= 4 is 0 Å². The summed E-state index contributed by atoms with van der Waals surface area (Å²) in [5, 5.41) is 9.96. The van der Waals surface area contributed by atoms with Gasteiger partial charge < -0.3 is 34.0 Å². The molecule has 174 valence electrons. The van der Waals surface area contributed by atoms with E-state index in [1.165, 1.54) is 21.3 Å². The van der Waals surface area contributed by atoms with E-state index in [4.69, 9.17) is 29.4 Å². The molecule has 2 N–H and O–H groups in total. The van der Waals surface area contributed by atoms with Gasteiger partial charge in [0, 0.05) is 23.9 Å². The Morgan fingerprint density at radius 1 is 1.21 bits per heavy atom. The van der Waals surface area contributed by atoms with Crippen molar-refractivity contribution in [2.45, 2.75) is 38.3 Å². The minimum atomic E-state index is -0.808. The first-order valence-corrected chi connectivity index (χ1v) is 10.7. The monoisotopic (exact) mass is 453 g/mol. The third-order valence-electron chi connectivity index (χ3n) is 6.15. The molecule has 9 nitrogen and oxygen atoms in total. The molecular weight excluding hydrogens is 426 g/mol. The Hall–Kier alpha value is -3.64. The number of fused-ring (bicyclic) bond motifs is 1. The number of ether oxygens (including phenoxy) is 5. The predicted molar refractivity (Wildman–Crippen MR) is 120 cm³/mol. The zero-order chi connectivity index (χ0) is 23.7. The van der Waals surface area contributed by atoms with Crippen LogP contribution in [0.4, 0.5) is 0 Å². The van der Waals surface area contributed by atoms with Crippen molar-refractivity contribution in [2.75, 3.05) is 27.9 Å². The van der Waals surface area contributed by atoms with Crippen molar-refractivity contribution in [1.29, 1.82) is 5.26 Å². The predicted octanol–water partition coefficient (Wildman–Crippen LogP) is 2.58. The molecular formula is C24H27N3O6. The van der Waals surface area contributed by atoms with Crippen LogP contribution >= 0.6 is 0 Å². The van der Waals surface area contributed by atoms with E-state index in [1.807, 2.05) is 6.92 Å². The highest BCUT2D eigenvalue weighted by molar-refractivity contribution is 5.64. The number of nitrogens with zero attached hydrogens (tertiary/aromatic N) is 2. The maximum absolute atomic E-state index is 13.8. The number of aryl methyl sites for hydroxylation is 1. The van der Waals surface area contributed by atoms with Crippen molar-refractivity contribution in [2.24, 2.45) is 5.73 Å². The Morgan fingerprint density at radius 2 is 1.97 bits per heavy atom. The number of allylic oxidation sites excluding steroid dienone is 1. The van der Waals surface area contributed by atoms with Gasteiger partial charge in [0.25, 0.3) is 5.56 Å². The molecule has 1 saturated heterocycles. The lowest BCUT2D eigenvalue weighted by atomic mass is 9.83. The van der Waals surface area contributed by atoms with Gasteiger partial charge in [0.05, 0.1) is 45.5 Å². The molecule has 3 heterocycles. The van der Waals surface area contributed by atoms with E-state index in [2.05, 4.69) is 6.07 Å². The van der Waals surface area contributed by atoms with E-state index in [1.54, 1.807) is 22.8 Å². The lowest BCUT2D eigenvalue weighted by molar-refractivity contribution is 0.0954. The van der Waals surface area contributed by atoms with Gasteiger partial charge in [-0.25, -0.2) is 0 Å². The molecule has 4 rings (SSSR count). The van der Waals surface area contributed by atoms with Gasteiger partial charge in [0.15, 0.2) is 11.5 Å². The third kappa shape index (κ3) is 3.76. The standard InChI is InChI=1S/C24H27N3O6/c1-13-10-18-20(24(28)27(13)12-14-6-5-9-32-14)19(16(11-25)23(26)33-18)15-7-8-17(29-2)22(31-4)21(15)30-3/h7-8,10,14,19H,5-6,9,12,26H2,1-4H3/t14-,19-/m1/s1. The van der Waals surface area contributed by atoms with Gasteiger partial charge in [-0.3, -0.25) is 4.79 Å². The zero-order valence-electron chi connectivity index (χ0n) is 19.1. The second-order valence-corrected chi connectivity index (χ2v) is 7.96. The second-order valence-electron chi connectivity index (χ2n) is 7.96.